The largest absolute Gasteiger partial charge is 0.522 e. The molecule has 1 fully saturated rings. The number of anilines is 2. The molecule has 13 heteroatoms. The molecule has 2 aromatic heterocycles. The summed E-state index contributed by atoms with van der Waals surface area (Å²) in [4.78, 5) is 10.9. The van der Waals surface area contributed by atoms with Crippen LogP contribution in [0.4, 0.5) is 39.1 Å². The second-order valence-corrected chi connectivity index (χ2v) is 8.41. The lowest BCUT2D eigenvalue weighted by Crippen LogP contribution is -2.45. The van der Waals surface area contributed by atoms with E-state index in [9.17, 15) is 22.0 Å². The molecular weight excluding hydrogens is 487 g/mol. The molecule has 0 saturated carbocycles. The summed E-state index contributed by atoms with van der Waals surface area (Å²) in [6, 6.07) is 5.26. The molecule has 2 aliphatic heterocycles. The van der Waals surface area contributed by atoms with Crippen molar-refractivity contribution in [3.63, 3.8) is 0 Å². The van der Waals surface area contributed by atoms with Crippen LogP contribution in [0.5, 0.6) is 0 Å². The molecule has 2 N–H and O–H groups in total. The lowest BCUT2D eigenvalue weighted by atomic mass is 10.1. The maximum atomic E-state index is 14.6. The zero-order chi connectivity index (χ0) is 25.6. The molecule has 1 aromatic carbocycles. The van der Waals surface area contributed by atoms with Crippen LogP contribution in [0.25, 0.3) is 11.3 Å². The van der Waals surface area contributed by atoms with E-state index >= 15 is 0 Å². The van der Waals surface area contributed by atoms with Gasteiger partial charge in [-0.2, -0.15) is 5.10 Å². The van der Waals surface area contributed by atoms with Crippen molar-refractivity contribution in [2.45, 2.75) is 26.3 Å². The number of benzene rings is 1. The highest BCUT2D eigenvalue weighted by atomic mass is 19.4. The predicted molar refractivity (Wildman–Crippen MR) is 121 cm³/mol. The highest BCUT2D eigenvalue weighted by Crippen LogP contribution is 2.42. The van der Waals surface area contributed by atoms with E-state index < -0.39 is 30.7 Å². The quantitative estimate of drug-likeness (QED) is 0.501. The van der Waals surface area contributed by atoms with Gasteiger partial charge in [-0.15, -0.1) is 13.2 Å². The van der Waals surface area contributed by atoms with Gasteiger partial charge in [0.15, 0.2) is 0 Å². The Bertz CT molecular complexity index is 1320. The fraction of sp³-hybridized carbons (Fsp3) is 0.348. The van der Waals surface area contributed by atoms with Gasteiger partial charge in [0.2, 0.25) is 0 Å². The van der Waals surface area contributed by atoms with Gasteiger partial charge in [0.05, 0.1) is 47.6 Å². The molecule has 0 unspecified atom stereocenters. The topological polar surface area (TPSA) is 87.7 Å². The van der Waals surface area contributed by atoms with Crippen molar-refractivity contribution in [2.24, 2.45) is 4.99 Å². The molecule has 1 saturated heterocycles. The summed E-state index contributed by atoms with van der Waals surface area (Å²) in [6.07, 6.45) is -5.56. The predicted octanol–water partition coefficient (Wildman–Crippen LogP) is 4.61. The first-order valence-corrected chi connectivity index (χ1v) is 11.0. The number of ether oxygens (including phenoxy) is 2. The zero-order valence-corrected chi connectivity index (χ0v) is 19.2. The molecule has 0 bridgehead atoms. The van der Waals surface area contributed by atoms with Gasteiger partial charge in [-0.05, 0) is 32.0 Å². The SMILES string of the molecule is Cc1nc(N2CCO[C@@H](COC(F)(F)F)C2)cc2c1N=C(c1c(F)cccc1F)Nc1c-2n[nH]c1C. The second-order valence-electron chi connectivity index (χ2n) is 8.41. The third-order valence-corrected chi connectivity index (χ3v) is 5.92. The first-order chi connectivity index (χ1) is 17.1. The summed E-state index contributed by atoms with van der Waals surface area (Å²) in [5, 5.41) is 10.2. The molecule has 0 aliphatic carbocycles. The van der Waals surface area contributed by atoms with E-state index in [0.29, 0.717) is 46.4 Å². The Hall–Kier alpha value is -3.58. The lowest BCUT2D eigenvalue weighted by Gasteiger charge is -2.34. The van der Waals surface area contributed by atoms with Gasteiger partial charge in [0.25, 0.3) is 0 Å². The van der Waals surface area contributed by atoms with Crippen molar-refractivity contribution in [1.29, 1.82) is 0 Å². The van der Waals surface area contributed by atoms with Crippen molar-refractivity contribution in [3.8, 4) is 11.3 Å². The number of fused-ring (bicyclic) bond motifs is 3. The number of pyridine rings is 1. The summed E-state index contributed by atoms with van der Waals surface area (Å²) >= 11 is 0. The third kappa shape index (κ3) is 4.63. The maximum absolute atomic E-state index is 14.6. The fourth-order valence-corrected chi connectivity index (χ4v) is 4.23. The minimum atomic E-state index is -4.75. The van der Waals surface area contributed by atoms with E-state index in [4.69, 9.17) is 4.74 Å². The maximum Gasteiger partial charge on any atom is 0.522 e. The van der Waals surface area contributed by atoms with Crippen LogP contribution in [0.2, 0.25) is 0 Å². The zero-order valence-electron chi connectivity index (χ0n) is 19.2. The van der Waals surface area contributed by atoms with E-state index in [1.54, 1.807) is 24.8 Å². The van der Waals surface area contributed by atoms with Crippen molar-refractivity contribution >= 4 is 23.0 Å². The third-order valence-electron chi connectivity index (χ3n) is 5.92. The number of amidine groups is 1. The Labute approximate surface area is 202 Å². The van der Waals surface area contributed by atoms with Crippen LogP contribution in [-0.2, 0) is 9.47 Å². The van der Waals surface area contributed by atoms with Crippen LogP contribution < -0.4 is 10.2 Å². The summed E-state index contributed by atoms with van der Waals surface area (Å²) in [6.45, 7) is 3.51. The van der Waals surface area contributed by atoms with E-state index in [0.717, 1.165) is 12.1 Å². The fourth-order valence-electron chi connectivity index (χ4n) is 4.23. The number of H-pyrrole nitrogens is 1. The normalized spacial score (nSPS) is 17.7. The van der Waals surface area contributed by atoms with Crippen molar-refractivity contribution in [2.75, 3.05) is 36.5 Å². The molecular formula is C23H21F5N6O2. The first kappa shape index (κ1) is 24.1. The summed E-state index contributed by atoms with van der Waals surface area (Å²) in [5.41, 5.74) is 2.61. The molecule has 3 aromatic rings. The Balaban J connectivity index is 1.56. The smallest absolute Gasteiger partial charge is 0.372 e. The number of hydrogen-bond donors (Lipinski definition) is 2. The van der Waals surface area contributed by atoms with Gasteiger partial charge >= 0.3 is 6.36 Å². The van der Waals surface area contributed by atoms with Gasteiger partial charge in [-0.3, -0.25) is 9.84 Å². The van der Waals surface area contributed by atoms with E-state index in [-0.39, 0.29) is 24.6 Å². The van der Waals surface area contributed by atoms with Crippen molar-refractivity contribution in [3.05, 3.63) is 52.9 Å². The number of halogens is 5. The van der Waals surface area contributed by atoms with Gasteiger partial charge in [0, 0.05) is 18.7 Å². The number of hydrogen-bond acceptors (Lipinski definition) is 7. The molecule has 4 heterocycles. The number of nitrogens with one attached hydrogen (secondary N) is 2. The van der Waals surface area contributed by atoms with E-state index in [1.165, 1.54) is 6.07 Å². The molecule has 0 amide bonds. The van der Waals surface area contributed by atoms with Gasteiger partial charge in [-0.25, -0.2) is 18.8 Å². The molecule has 2 aliphatic rings. The minimum Gasteiger partial charge on any atom is -0.372 e. The van der Waals surface area contributed by atoms with E-state index in [1.807, 2.05) is 0 Å². The van der Waals surface area contributed by atoms with Crippen LogP contribution in [0.3, 0.4) is 0 Å². The molecule has 190 valence electrons. The van der Waals surface area contributed by atoms with Crippen molar-refractivity contribution < 1.29 is 31.4 Å². The van der Waals surface area contributed by atoms with Crippen LogP contribution in [0.15, 0.2) is 29.3 Å². The molecule has 8 nitrogen and oxygen atoms in total. The monoisotopic (exact) mass is 508 g/mol. The Morgan fingerprint density at radius 2 is 1.94 bits per heavy atom. The highest BCUT2D eigenvalue weighted by Gasteiger charge is 2.33. The van der Waals surface area contributed by atoms with E-state index in [2.05, 4.69) is 30.2 Å². The van der Waals surface area contributed by atoms with Gasteiger partial charge in [0.1, 0.15) is 29.0 Å². The van der Waals surface area contributed by atoms with Crippen LogP contribution in [0.1, 0.15) is 17.0 Å². The second kappa shape index (κ2) is 9.13. The number of alkyl halides is 3. The molecule has 1 atom stereocenters. The number of aliphatic imine (C=N–C) groups is 1. The molecule has 0 radical (unpaired) electrons. The number of aromatic nitrogens is 3. The minimum absolute atomic E-state index is 0.0384. The van der Waals surface area contributed by atoms with Crippen LogP contribution >= 0.6 is 0 Å². The van der Waals surface area contributed by atoms with Gasteiger partial charge in [-0.1, -0.05) is 6.07 Å². The molecule has 0 spiro atoms. The number of aryl methyl sites for hydroxylation is 2. The highest BCUT2D eigenvalue weighted by molar-refractivity contribution is 6.14. The number of aromatic amines is 1. The number of rotatable bonds is 4. The number of morpholine rings is 1. The summed E-state index contributed by atoms with van der Waals surface area (Å²) in [5.74, 6) is -1.12. The Morgan fingerprint density at radius 1 is 1.19 bits per heavy atom. The summed E-state index contributed by atoms with van der Waals surface area (Å²) in [7, 11) is 0. The standard InChI is InChI=1S/C23H21F5N6O2/c1-11-19-14(8-17(29-11)34-6-7-35-13(9-34)10-36-23(26,27)28)21-20(12(2)32-33-21)31-22(30-19)18-15(24)4-3-5-16(18)25/h3-5,8,13H,6-7,9-10H2,1-2H3,(H,30,31)(H,32,33)/t13-/m1/s1. The first-order valence-electron chi connectivity index (χ1n) is 11.0. The van der Waals surface area contributed by atoms with Crippen LogP contribution in [-0.4, -0.2) is 59.8 Å². The van der Waals surface area contributed by atoms with Crippen molar-refractivity contribution in [1.82, 2.24) is 15.2 Å². The number of nitrogens with zero attached hydrogens (tertiary/aromatic N) is 4. The average Bonchev–Trinajstić information content (AvgIpc) is 3.09. The summed E-state index contributed by atoms with van der Waals surface area (Å²) < 4.78 is 76.0. The lowest BCUT2D eigenvalue weighted by molar-refractivity contribution is -0.331. The Kier molecular flexibility index (Phi) is 6.12. The Morgan fingerprint density at radius 3 is 2.67 bits per heavy atom. The molecule has 5 rings (SSSR count). The van der Waals surface area contributed by atoms with Gasteiger partial charge < -0.3 is 15.0 Å². The van der Waals surface area contributed by atoms with Crippen LogP contribution in [0, 0.1) is 25.5 Å². The molecule has 36 heavy (non-hydrogen) atoms. The average molecular weight is 508 g/mol.